The number of benzene rings is 2. The first-order valence-electron chi connectivity index (χ1n) is 5.46. The molecule has 1 atom stereocenters. The highest BCUT2D eigenvalue weighted by atomic mass is 35.5. The van der Waals surface area contributed by atoms with Crippen LogP contribution in [0.5, 0.6) is 5.75 Å². The quantitative estimate of drug-likeness (QED) is 0.924. The number of methoxy groups -OCH3 is 1. The third-order valence-electron chi connectivity index (χ3n) is 2.85. The second kappa shape index (κ2) is 6.25. The van der Waals surface area contributed by atoms with E-state index in [0.717, 1.165) is 22.1 Å². The summed E-state index contributed by atoms with van der Waals surface area (Å²) in [5, 5.41) is 10.8. The van der Waals surface area contributed by atoms with Crippen molar-refractivity contribution in [1.82, 2.24) is 0 Å². The van der Waals surface area contributed by atoms with Crippen LogP contribution in [0.2, 0.25) is 0 Å². The van der Waals surface area contributed by atoms with Gasteiger partial charge in [-0.05, 0) is 17.0 Å². The molecule has 0 fully saturated rings. The van der Waals surface area contributed by atoms with Crippen molar-refractivity contribution in [3.8, 4) is 11.8 Å². The van der Waals surface area contributed by atoms with E-state index in [1.54, 1.807) is 7.11 Å². The van der Waals surface area contributed by atoms with E-state index in [0.29, 0.717) is 6.42 Å². The van der Waals surface area contributed by atoms with Crippen molar-refractivity contribution in [3.63, 3.8) is 0 Å². The molecule has 0 aliphatic carbocycles. The van der Waals surface area contributed by atoms with Gasteiger partial charge in [-0.25, -0.2) is 0 Å². The van der Waals surface area contributed by atoms with Crippen LogP contribution in [-0.4, -0.2) is 7.11 Å². The van der Waals surface area contributed by atoms with E-state index in [4.69, 9.17) is 15.7 Å². The van der Waals surface area contributed by atoms with E-state index in [9.17, 15) is 0 Å². The smallest absolute Gasteiger partial charge is 0.126 e. The fraction of sp³-hybridized carbons (Fsp3) is 0.214. The summed E-state index contributed by atoms with van der Waals surface area (Å²) in [5.74, 6) is 0.827. The van der Waals surface area contributed by atoms with Crippen LogP contribution in [0.4, 0.5) is 0 Å². The van der Waals surface area contributed by atoms with Crippen molar-refractivity contribution in [1.29, 1.82) is 5.26 Å². The molecule has 0 spiro atoms. The lowest BCUT2D eigenvalue weighted by molar-refractivity contribution is 0.419. The molecule has 0 unspecified atom stereocenters. The zero-order valence-corrected chi connectivity index (χ0v) is 10.9. The van der Waals surface area contributed by atoms with Gasteiger partial charge in [-0.15, -0.1) is 12.4 Å². The molecule has 2 aromatic rings. The number of hydrogen-bond acceptors (Lipinski definition) is 3. The Hall–Kier alpha value is -1.76. The molecule has 2 N–H and O–H groups in total. The standard InChI is InChI=1S/C14H14N2O.ClH/c1-17-14-7-6-11(13(16)8-9-15)10-4-2-3-5-12(10)14;/h2-7,13H,8,16H2,1H3;1H/t13-;/m0./s1. The summed E-state index contributed by atoms with van der Waals surface area (Å²) in [6, 6.07) is 13.6. The van der Waals surface area contributed by atoms with Crippen molar-refractivity contribution in [2.45, 2.75) is 12.5 Å². The first kappa shape index (κ1) is 14.3. The first-order valence-corrected chi connectivity index (χ1v) is 5.46. The molecule has 2 aromatic carbocycles. The lowest BCUT2D eigenvalue weighted by atomic mass is 9.97. The van der Waals surface area contributed by atoms with E-state index in [1.165, 1.54) is 0 Å². The number of halogens is 1. The Bertz CT molecular complexity index is 578. The van der Waals surface area contributed by atoms with Gasteiger partial charge in [0.05, 0.1) is 19.6 Å². The van der Waals surface area contributed by atoms with Gasteiger partial charge in [0.2, 0.25) is 0 Å². The van der Waals surface area contributed by atoms with E-state index in [2.05, 4.69) is 6.07 Å². The lowest BCUT2D eigenvalue weighted by Crippen LogP contribution is -2.09. The predicted molar refractivity (Wildman–Crippen MR) is 74.9 cm³/mol. The molecule has 0 aromatic heterocycles. The monoisotopic (exact) mass is 262 g/mol. The molecule has 2 rings (SSSR count). The highest BCUT2D eigenvalue weighted by Gasteiger charge is 2.11. The molecule has 0 aliphatic heterocycles. The zero-order valence-electron chi connectivity index (χ0n) is 10.1. The summed E-state index contributed by atoms with van der Waals surface area (Å²) in [4.78, 5) is 0. The summed E-state index contributed by atoms with van der Waals surface area (Å²) in [6.07, 6.45) is 0.316. The average Bonchev–Trinajstić information content (AvgIpc) is 2.37. The minimum Gasteiger partial charge on any atom is -0.496 e. The Labute approximate surface area is 113 Å². The molecule has 0 saturated heterocycles. The first-order chi connectivity index (χ1) is 8.27. The number of nitrogens with two attached hydrogens (primary N) is 1. The Kier molecular flexibility index (Phi) is 4.96. The van der Waals surface area contributed by atoms with Gasteiger partial charge in [0.15, 0.2) is 0 Å². The van der Waals surface area contributed by atoms with Gasteiger partial charge in [-0.2, -0.15) is 5.26 Å². The topological polar surface area (TPSA) is 59.0 Å². The Morgan fingerprint density at radius 1 is 1.22 bits per heavy atom. The van der Waals surface area contributed by atoms with Crippen molar-refractivity contribution < 1.29 is 4.74 Å². The maximum Gasteiger partial charge on any atom is 0.126 e. The molecule has 0 heterocycles. The lowest BCUT2D eigenvalue weighted by Gasteiger charge is -2.14. The highest BCUT2D eigenvalue weighted by Crippen LogP contribution is 2.31. The molecule has 0 aliphatic rings. The average molecular weight is 263 g/mol. The number of fused-ring (bicyclic) bond motifs is 1. The Morgan fingerprint density at radius 3 is 2.50 bits per heavy atom. The SMILES string of the molecule is COc1ccc([C@@H](N)CC#N)c2ccccc12.Cl. The number of nitriles is 1. The van der Waals surface area contributed by atoms with E-state index in [1.807, 2.05) is 36.4 Å². The van der Waals surface area contributed by atoms with Gasteiger partial charge in [-0.3, -0.25) is 0 Å². The Balaban J connectivity index is 0.00000162. The number of ether oxygens (including phenoxy) is 1. The molecule has 4 heteroatoms. The summed E-state index contributed by atoms with van der Waals surface area (Å²) in [6.45, 7) is 0. The van der Waals surface area contributed by atoms with E-state index < -0.39 is 0 Å². The van der Waals surface area contributed by atoms with Crippen molar-refractivity contribution in [2.75, 3.05) is 7.11 Å². The largest absolute Gasteiger partial charge is 0.496 e. The summed E-state index contributed by atoms with van der Waals surface area (Å²) in [5.41, 5.74) is 6.99. The normalized spacial score (nSPS) is 11.4. The molecule has 94 valence electrons. The zero-order chi connectivity index (χ0) is 12.3. The van der Waals surface area contributed by atoms with Crippen molar-refractivity contribution >= 4 is 23.2 Å². The Morgan fingerprint density at radius 2 is 1.89 bits per heavy atom. The molecule has 18 heavy (non-hydrogen) atoms. The predicted octanol–water partition coefficient (Wildman–Crippen LogP) is 3.18. The van der Waals surface area contributed by atoms with Gasteiger partial charge >= 0.3 is 0 Å². The third kappa shape index (κ3) is 2.56. The van der Waals surface area contributed by atoms with Gasteiger partial charge in [0.25, 0.3) is 0 Å². The summed E-state index contributed by atoms with van der Waals surface area (Å²) >= 11 is 0. The minimum atomic E-state index is -0.254. The van der Waals surface area contributed by atoms with Crippen molar-refractivity contribution in [2.24, 2.45) is 5.73 Å². The molecule has 3 nitrogen and oxygen atoms in total. The summed E-state index contributed by atoms with van der Waals surface area (Å²) in [7, 11) is 1.65. The van der Waals surface area contributed by atoms with Gasteiger partial charge in [-0.1, -0.05) is 30.3 Å². The van der Waals surface area contributed by atoms with Gasteiger partial charge in [0, 0.05) is 11.4 Å². The highest BCUT2D eigenvalue weighted by molar-refractivity contribution is 5.91. The van der Waals surface area contributed by atoms with Crippen molar-refractivity contribution in [3.05, 3.63) is 42.0 Å². The van der Waals surface area contributed by atoms with Crippen LogP contribution in [-0.2, 0) is 0 Å². The minimum absolute atomic E-state index is 0. The van der Waals surface area contributed by atoms with Crippen LogP contribution in [0.3, 0.4) is 0 Å². The second-order valence-electron chi connectivity index (χ2n) is 3.87. The molecule has 0 radical (unpaired) electrons. The van der Waals surface area contributed by atoms with E-state index >= 15 is 0 Å². The number of hydrogen-bond donors (Lipinski definition) is 1. The summed E-state index contributed by atoms with van der Waals surface area (Å²) < 4.78 is 5.32. The van der Waals surface area contributed by atoms with Gasteiger partial charge < -0.3 is 10.5 Å². The number of nitrogens with zero attached hydrogens (tertiary/aromatic N) is 1. The van der Waals surface area contributed by atoms with Crippen LogP contribution in [0.1, 0.15) is 18.0 Å². The van der Waals surface area contributed by atoms with Gasteiger partial charge in [0.1, 0.15) is 5.75 Å². The number of rotatable bonds is 3. The van der Waals surface area contributed by atoms with Crippen LogP contribution in [0.25, 0.3) is 10.8 Å². The third-order valence-corrected chi connectivity index (χ3v) is 2.85. The van der Waals surface area contributed by atoms with E-state index in [-0.39, 0.29) is 18.4 Å². The van der Waals surface area contributed by atoms with Crippen LogP contribution >= 0.6 is 12.4 Å². The molecule has 0 amide bonds. The second-order valence-corrected chi connectivity index (χ2v) is 3.87. The fourth-order valence-electron chi connectivity index (χ4n) is 2.00. The maximum absolute atomic E-state index is 8.72. The van der Waals surface area contributed by atoms with Crippen LogP contribution in [0, 0.1) is 11.3 Å². The maximum atomic E-state index is 8.72. The van der Waals surface area contributed by atoms with Crippen LogP contribution < -0.4 is 10.5 Å². The molecular weight excluding hydrogens is 248 g/mol. The van der Waals surface area contributed by atoms with Crippen LogP contribution in [0.15, 0.2) is 36.4 Å². The molecular formula is C14H15ClN2O. The molecule has 0 saturated carbocycles. The fourth-order valence-corrected chi connectivity index (χ4v) is 2.00. The molecule has 0 bridgehead atoms.